The van der Waals surface area contributed by atoms with Gasteiger partial charge in [-0.15, -0.1) is 24.0 Å². The lowest BCUT2D eigenvalue weighted by molar-refractivity contribution is 0.354. The number of aromatic nitrogens is 2. The maximum atomic E-state index is 5.37. The van der Waals surface area contributed by atoms with Crippen LogP contribution in [0.4, 0.5) is 0 Å². The molecule has 7 nitrogen and oxygen atoms in total. The Balaban J connectivity index is 0.00000320. The van der Waals surface area contributed by atoms with Crippen LogP contribution in [-0.2, 0) is 13.1 Å². The average molecular weight is 521 g/mol. The molecule has 0 unspecified atom stereocenters. The lowest BCUT2D eigenvalue weighted by Gasteiger charge is -2.21. The molecule has 0 spiro atoms. The van der Waals surface area contributed by atoms with E-state index in [2.05, 4.69) is 32.4 Å². The number of ether oxygens (including phenoxy) is 2. The van der Waals surface area contributed by atoms with Gasteiger partial charge in [0.1, 0.15) is 5.82 Å². The third-order valence-electron chi connectivity index (χ3n) is 4.57. The molecule has 1 aromatic heterocycles. The van der Waals surface area contributed by atoms with Gasteiger partial charge in [-0.05, 0) is 23.3 Å². The maximum absolute atomic E-state index is 5.37. The van der Waals surface area contributed by atoms with E-state index in [0.29, 0.717) is 24.6 Å². The summed E-state index contributed by atoms with van der Waals surface area (Å²) in [5.74, 6) is 3.07. The molecule has 0 aliphatic rings. The molecule has 2 aromatic carbocycles. The van der Waals surface area contributed by atoms with Crippen LogP contribution in [0.15, 0.2) is 59.7 Å². The molecule has 0 saturated carbocycles. The van der Waals surface area contributed by atoms with E-state index in [1.54, 1.807) is 21.3 Å². The minimum absolute atomic E-state index is 0. The standard InChI is InChI=1S/C22H27N5O2.HI/c1-23-22(25-13-16-10-11-19(28-3)20(12-16)29-4)27(2)15-21-24-14-18(26-21)17-8-6-5-7-9-17;/h5-12,14H,13,15H2,1-4H3,(H,23,25)(H,24,26);1H. The fraction of sp³-hybridized carbons (Fsp3) is 0.273. The van der Waals surface area contributed by atoms with E-state index in [4.69, 9.17) is 9.47 Å². The third kappa shape index (κ3) is 5.88. The number of aliphatic imine (C=N–C) groups is 1. The molecule has 0 amide bonds. The molecule has 1 heterocycles. The van der Waals surface area contributed by atoms with Crippen LogP contribution in [0.5, 0.6) is 11.5 Å². The summed E-state index contributed by atoms with van der Waals surface area (Å²) in [5, 5.41) is 3.37. The van der Waals surface area contributed by atoms with Crippen molar-refractivity contribution in [2.75, 3.05) is 28.3 Å². The predicted octanol–water partition coefficient (Wildman–Crippen LogP) is 3.92. The van der Waals surface area contributed by atoms with Gasteiger partial charge < -0.3 is 24.7 Å². The number of guanidine groups is 1. The largest absolute Gasteiger partial charge is 0.493 e. The second-order valence-corrected chi connectivity index (χ2v) is 6.56. The Labute approximate surface area is 194 Å². The van der Waals surface area contributed by atoms with Crippen molar-refractivity contribution in [3.05, 3.63) is 66.1 Å². The number of halogens is 1. The number of imidazole rings is 1. The topological polar surface area (TPSA) is 74.8 Å². The SMILES string of the molecule is CN=C(NCc1ccc(OC)c(OC)c1)N(C)Cc1ncc(-c2ccccc2)[nH]1.I. The highest BCUT2D eigenvalue weighted by molar-refractivity contribution is 14.0. The van der Waals surface area contributed by atoms with Gasteiger partial charge in [0.05, 0.1) is 32.7 Å². The van der Waals surface area contributed by atoms with Crippen LogP contribution in [-0.4, -0.2) is 49.1 Å². The first-order valence-corrected chi connectivity index (χ1v) is 9.36. The minimum atomic E-state index is 0. The van der Waals surface area contributed by atoms with Crippen molar-refractivity contribution in [1.82, 2.24) is 20.2 Å². The number of nitrogens with one attached hydrogen (secondary N) is 2. The lowest BCUT2D eigenvalue weighted by atomic mass is 10.2. The average Bonchev–Trinajstić information content (AvgIpc) is 3.23. The van der Waals surface area contributed by atoms with Crippen molar-refractivity contribution in [2.45, 2.75) is 13.1 Å². The number of benzene rings is 2. The monoisotopic (exact) mass is 521 g/mol. The van der Waals surface area contributed by atoms with E-state index in [1.807, 2.05) is 54.5 Å². The van der Waals surface area contributed by atoms with Crippen molar-refractivity contribution in [1.29, 1.82) is 0 Å². The van der Waals surface area contributed by atoms with Gasteiger partial charge in [-0.3, -0.25) is 4.99 Å². The lowest BCUT2D eigenvalue weighted by Crippen LogP contribution is -2.38. The van der Waals surface area contributed by atoms with Gasteiger partial charge in [0, 0.05) is 20.6 Å². The first-order valence-electron chi connectivity index (χ1n) is 9.36. The molecular weight excluding hydrogens is 493 g/mol. The van der Waals surface area contributed by atoms with E-state index < -0.39 is 0 Å². The van der Waals surface area contributed by atoms with Gasteiger partial charge in [0.25, 0.3) is 0 Å². The Hall–Kier alpha value is -2.75. The van der Waals surface area contributed by atoms with Gasteiger partial charge in [0.15, 0.2) is 17.5 Å². The summed E-state index contributed by atoms with van der Waals surface area (Å²) in [6.07, 6.45) is 1.86. The highest BCUT2D eigenvalue weighted by atomic mass is 127. The Bertz CT molecular complexity index is 959. The molecule has 0 aliphatic carbocycles. The molecule has 0 fully saturated rings. The van der Waals surface area contributed by atoms with E-state index in [-0.39, 0.29) is 24.0 Å². The van der Waals surface area contributed by atoms with Crippen LogP contribution < -0.4 is 14.8 Å². The molecule has 0 bridgehead atoms. The van der Waals surface area contributed by atoms with Gasteiger partial charge in [0.2, 0.25) is 0 Å². The molecule has 0 aliphatic heterocycles. The van der Waals surface area contributed by atoms with Crippen LogP contribution in [0.1, 0.15) is 11.4 Å². The first-order chi connectivity index (χ1) is 14.1. The summed E-state index contributed by atoms with van der Waals surface area (Å²) in [6.45, 7) is 1.23. The highest BCUT2D eigenvalue weighted by Crippen LogP contribution is 2.27. The number of H-pyrrole nitrogens is 1. The van der Waals surface area contributed by atoms with Crippen molar-refractivity contribution >= 4 is 29.9 Å². The summed E-state index contributed by atoms with van der Waals surface area (Å²) >= 11 is 0. The summed E-state index contributed by atoms with van der Waals surface area (Å²) in [6, 6.07) is 16.0. The van der Waals surface area contributed by atoms with Crippen LogP contribution in [0.3, 0.4) is 0 Å². The van der Waals surface area contributed by atoms with Gasteiger partial charge >= 0.3 is 0 Å². The number of rotatable bonds is 7. The quantitative estimate of drug-likeness (QED) is 0.280. The zero-order chi connectivity index (χ0) is 20.6. The van der Waals surface area contributed by atoms with Gasteiger partial charge in [-0.2, -0.15) is 0 Å². The summed E-state index contributed by atoms with van der Waals surface area (Å²) in [4.78, 5) is 14.3. The van der Waals surface area contributed by atoms with Crippen LogP contribution >= 0.6 is 24.0 Å². The van der Waals surface area contributed by atoms with Crippen molar-refractivity contribution in [3.63, 3.8) is 0 Å². The van der Waals surface area contributed by atoms with E-state index in [1.165, 1.54) is 0 Å². The summed E-state index contributed by atoms with van der Waals surface area (Å²) in [5.41, 5.74) is 3.19. The molecule has 3 aromatic rings. The van der Waals surface area contributed by atoms with Crippen molar-refractivity contribution < 1.29 is 9.47 Å². The molecule has 0 atom stereocenters. The normalized spacial score (nSPS) is 10.9. The minimum Gasteiger partial charge on any atom is -0.493 e. The summed E-state index contributed by atoms with van der Waals surface area (Å²) < 4.78 is 10.7. The highest BCUT2D eigenvalue weighted by Gasteiger charge is 2.11. The second kappa shape index (κ2) is 11.4. The Morgan fingerprint density at radius 3 is 2.50 bits per heavy atom. The number of hydrogen-bond donors (Lipinski definition) is 2. The van der Waals surface area contributed by atoms with Crippen LogP contribution in [0.2, 0.25) is 0 Å². The number of hydrogen-bond acceptors (Lipinski definition) is 4. The number of methoxy groups -OCH3 is 2. The molecule has 0 radical (unpaired) electrons. The van der Waals surface area contributed by atoms with E-state index in [9.17, 15) is 0 Å². The smallest absolute Gasteiger partial charge is 0.194 e. The zero-order valence-electron chi connectivity index (χ0n) is 17.7. The molecule has 8 heteroatoms. The fourth-order valence-electron chi connectivity index (χ4n) is 3.06. The molecule has 0 saturated heterocycles. The number of nitrogens with zero attached hydrogens (tertiary/aromatic N) is 3. The Kier molecular flexibility index (Phi) is 8.97. The Morgan fingerprint density at radius 1 is 1.10 bits per heavy atom. The third-order valence-corrected chi connectivity index (χ3v) is 4.57. The van der Waals surface area contributed by atoms with E-state index >= 15 is 0 Å². The zero-order valence-corrected chi connectivity index (χ0v) is 20.0. The van der Waals surface area contributed by atoms with Crippen molar-refractivity contribution in [3.8, 4) is 22.8 Å². The maximum Gasteiger partial charge on any atom is 0.194 e. The molecule has 160 valence electrons. The summed E-state index contributed by atoms with van der Waals surface area (Å²) in [7, 11) is 7.01. The molecule has 3 rings (SSSR count). The van der Waals surface area contributed by atoms with Crippen LogP contribution in [0, 0.1) is 0 Å². The van der Waals surface area contributed by atoms with Crippen molar-refractivity contribution in [2.24, 2.45) is 4.99 Å². The second-order valence-electron chi connectivity index (χ2n) is 6.56. The predicted molar refractivity (Wildman–Crippen MR) is 131 cm³/mol. The van der Waals surface area contributed by atoms with Gasteiger partial charge in [-0.25, -0.2) is 4.98 Å². The Morgan fingerprint density at radius 2 is 1.83 bits per heavy atom. The fourth-order valence-corrected chi connectivity index (χ4v) is 3.06. The van der Waals surface area contributed by atoms with E-state index in [0.717, 1.165) is 28.6 Å². The first kappa shape index (κ1) is 23.5. The molecule has 30 heavy (non-hydrogen) atoms. The van der Waals surface area contributed by atoms with Crippen LogP contribution in [0.25, 0.3) is 11.3 Å². The van der Waals surface area contributed by atoms with Gasteiger partial charge in [-0.1, -0.05) is 36.4 Å². The molecular formula is C22H28IN5O2. The molecule has 2 N–H and O–H groups in total. The number of aromatic amines is 1.